The first-order valence-electron chi connectivity index (χ1n) is 2.85. The Morgan fingerprint density at radius 1 is 1.45 bits per heavy atom. The fourth-order valence-electron chi connectivity index (χ4n) is 0.663. The Balaban J connectivity index is 2.45. The third kappa shape index (κ3) is 0.936. The van der Waals surface area contributed by atoms with Gasteiger partial charge in [0.2, 0.25) is 0 Å². The van der Waals surface area contributed by atoms with Gasteiger partial charge in [0, 0.05) is 0 Å². The van der Waals surface area contributed by atoms with Gasteiger partial charge in [-0.15, -0.1) is 0 Å². The van der Waals surface area contributed by atoms with E-state index in [0.29, 0.717) is 11.5 Å². The van der Waals surface area contributed by atoms with Crippen molar-refractivity contribution in [2.45, 2.75) is 0 Å². The molecule has 0 atom stereocenters. The molecule has 2 N–H and O–H groups in total. The molecule has 0 fully saturated rings. The third-order valence-corrected chi connectivity index (χ3v) is 1.12. The Labute approximate surface area is 61.0 Å². The van der Waals surface area contributed by atoms with E-state index in [2.05, 4.69) is 19.8 Å². The predicted octanol–water partition coefficient (Wildman–Crippen LogP) is 0.307. The van der Waals surface area contributed by atoms with E-state index in [1.807, 2.05) is 0 Å². The number of nitrogen functional groups attached to an aromatic ring is 1. The first kappa shape index (κ1) is 5.90. The molecule has 0 saturated heterocycles. The van der Waals surface area contributed by atoms with Crippen LogP contribution in [0.3, 0.4) is 0 Å². The standard InChI is InChI=1S/C5H4N4O2/c6-5-8-4(11-9-5)3-1-7-10-2-3/h1-2H,(H2,6,9). The lowest BCUT2D eigenvalue weighted by molar-refractivity contribution is 0.417. The van der Waals surface area contributed by atoms with Crippen LogP contribution in [0.5, 0.6) is 0 Å². The maximum absolute atomic E-state index is 5.22. The van der Waals surface area contributed by atoms with Crippen molar-refractivity contribution in [2.24, 2.45) is 0 Å². The van der Waals surface area contributed by atoms with Crippen LogP contribution in [0.1, 0.15) is 0 Å². The summed E-state index contributed by atoms with van der Waals surface area (Å²) in [7, 11) is 0. The SMILES string of the molecule is Nc1noc(-c2cnoc2)n1. The molecule has 2 rings (SSSR count). The maximum Gasteiger partial charge on any atom is 0.264 e. The molecule has 2 aromatic heterocycles. The fraction of sp³-hybridized carbons (Fsp3) is 0. The van der Waals surface area contributed by atoms with Crippen LogP contribution >= 0.6 is 0 Å². The summed E-state index contributed by atoms with van der Waals surface area (Å²) in [5.41, 5.74) is 5.84. The van der Waals surface area contributed by atoms with E-state index in [0.717, 1.165) is 0 Å². The molecule has 11 heavy (non-hydrogen) atoms. The van der Waals surface area contributed by atoms with Crippen molar-refractivity contribution in [1.82, 2.24) is 15.3 Å². The van der Waals surface area contributed by atoms with Gasteiger partial charge in [-0.05, 0) is 5.16 Å². The lowest BCUT2D eigenvalue weighted by Gasteiger charge is -1.78. The van der Waals surface area contributed by atoms with Crippen LogP contribution in [0.4, 0.5) is 5.95 Å². The second kappa shape index (κ2) is 2.08. The summed E-state index contributed by atoms with van der Waals surface area (Å²) < 4.78 is 9.28. The molecule has 0 aromatic carbocycles. The summed E-state index contributed by atoms with van der Waals surface area (Å²) in [6, 6.07) is 0. The minimum Gasteiger partial charge on any atom is -0.365 e. The fourth-order valence-corrected chi connectivity index (χ4v) is 0.663. The smallest absolute Gasteiger partial charge is 0.264 e. The highest BCUT2D eigenvalue weighted by Crippen LogP contribution is 2.15. The molecule has 2 aromatic rings. The zero-order valence-corrected chi connectivity index (χ0v) is 5.39. The van der Waals surface area contributed by atoms with E-state index in [1.54, 1.807) is 0 Å². The molecule has 0 amide bonds. The second-order valence-corrected chi connectivity index (χ2v) is 1.87. The largest absolute Gasteiger partial charge is 0.365 e. The highest BCUT2D eigenvalue weighted by Gasteiger charge is 2.07. The van der Waals surface area contributed by atoms with E-state index in [-0.39, 0.29) is 5.95 Å². The van der Waals surface area contributed by atoms with Gasteiger partial charge in [0.1, 0.15) is 6.26 Å². The minimum atomic E-state index is 0.0983. The van der Waals surface area contributed by atoms with Crippen LogP contribution in [-0.2, 0) is 0 Å². The van der Waals surface area contributed by atoms with Gasteiger partial charge in [0.15, 0.2) is 0 Å². The molecule has 0 radical (unpaired) electrons. The number of rotatable bonds is 1. The molecule has 0 saturated carbocycles. The van der Waals surface area contributed by atoms with E-state index >= 15 is 0 Å². The number of nitrogens with two attached hydrogens (primary N) is 1. The van der Waals surface area contributed by atoms with Gasteiger partial charge < -0.3 is 14.8 Å². The Hall–Kier alpha value is -1.85. The van der Waals surface area contributed by atoms with E-state index in [9.17, 15) is 0 Å². The Morgan fingerprint density at radius 3 is 2.91 bits per heavy atom. The third-order valence-electron chi connectivity index (χ3n) is 1.12. The van der Waals surface area contributed by atoms with Crippen LogP contribution in [0.25, 0.3) is 11.5 Å². The number of anilines is 1. The van der Waals surface area contributed by atoms with Crippen LogP contribution in [0.15, 0.2) is 21.5 Å². The average Bonchev–Trinajstić information content (AvgIpc) is 2.55. The quantitative estimate of drug-likeness (QED) is 0.632. The molecule has 0 aliphatic heterocycles. The molecule has 0 unspecified atom stereocenters. The molecular weight excluding hydrogens is 148 g/mol. The van der Waals surface area contributed by atoms with Crippen LogP contribution in [0.2, 0.25) is 0 Å². The van der Waals surface area contributed by atoms with Gasteiger partial charge in [-0.1, -0.05) is 5.16 Å². The highest BCUT2D eigenvalue weighted by atomic mass is 16.5. The molecule has 6 heteroatoms. The van der Waals surface area contributed by atoms with Crippen molar-refractivity contribution in [3.63, 3.8) is 0 Å². The molecule has 56 valence electrons. The van der Waals surface area contributed by atoms with Gasteiger partial charge in [-0.25, -0.2) is 0 Å². The lowest BCUT2D eigenvalue weighted by Crippen LogP contribution is -1.84. The summed E-state index contributed by atoms with van der Waals surface area (Å²) in [5, 5.41) is 6.86. The monoisotopic (exact) mass is 152 g/mol. The van der Waals surface area contributed by atoms with Gasteiger partial charge in [-0.3, -0.25) is 0 Å². The summed E-state index contributed by atoms with van der Waals surface area (Å²) in [6.45, 7) is 0. The Morgan fingerprint density at radius 2 is 2.36 bits per heavy atom. The van der Waals surface area contributed by atoms with Crippen molar-refractivity contribution in [3.05, 3.63) is 12.5 Å². The van der Waals surface area contributed by atoms with Crippen LogP contribution < -0.4 is 5.73 Å². The van der Waals surface area contributed by atoms with Crippen molar-refractivity contribution in [2.75, 3.05) is 5.73 Å². The Kier molecular flexibility index (Phi) is 1.12. The number of hydrogen-bond donors (Lipinski definition) is 1. The molecule has 0 bridgehead atoms. The molecule has 0 aliphatic carbocycles. The topological polar surface area (TPSA) is 91.0 Å². The van der Waals surface area contributed by atoms with Gasteiger partial charge in [0.25, 0.3) is 11.8 Å². The van der Waals surface area contributed by atoms with Crippen molar-refractivity contribution in [1.29, 1.82) is 0 Å². The van der Waals surface area contributed by atoms with Crippen LogP contribution in [-0.4, -0.2) is 15.3 Å². The van der Waals surface area contributed by atoms with Gasteiger partial charge in [0.05, 0.1) is 11.8 Å². The zero-order chi connectivity index (χ0) is 7.68. The Bertz CT molecular complexity index is 339. The van der Waals surface area contributed by atoms with Gasteiger partial charge in [-0.2, -0.15) is 4.98 Å². The number of aromatic nitrogens is 3. The van der Waals surface area contributed by atoms with E-state index in [4.69, 9.17) is 10.3 Å². The lowest BCUT2D eigenvalue weighted by atomic mass is 10.4. The van der Waals surface area contributed by atoms with E-state index in [1.165, 1.54) is 12.5 Å². The minimum absolute atomic E-state index is 0.0983. The number of nitrogens with zero attached hydrogens (tertiary/aromatic N) is 3. The second-order valence-electron chi connectivity index (χ2n) is 1.87. The van der Waals surface area contributed by atoms with Crippen molar-refractivity contribution < 1.29 is 9.05 Å². The van der Waals surface area contributed by atoms with Crippen LogP contribution in [0, 0.1) is 0 Å². The molecule has 0 aliphatic rings. The van der Waals surface area contributed by atoms with E-state index < -0.39 is 0 Å². The molecule has 0 spiro atoms. The zero-order valence-electron chi connectivity index (χ0n) is 5.39. The summed E-state index contributed by atoms with van der Waals surface area (Å²) >= 11 is 0. The normalized spacial score (nSPS) is 10.2. The molecular formula is C5H4N4O2. The summed E-state index contributed by atoms with van der Waals surface area (Å²) in [6.07, 6.45) is 2.86. The first-order valence-corrected chi connectivity index (χ1v) is 2.85. The highest BCUT2D eigenvalue weighted by molar-refractivity contribution is 5.49. The maximum atomic E-state index is 5.22. The molecule has 2 heterocycles. The predicted molar refractivity (Wildman–Crippen MR) is 34.2 cm³/mol. The summed E-state index contributed by atoms with van der Waals surface area (Å²) in [5.74, 6) is 0.407. The van der Waals surface area contributed by atoms with Gasteiger partial charge >= 0.3 is 0 Å². The van der Waals surface area contributed by atoms with Crippen molar-refractivity contribution in [3.8, 4) is 11.5 Å². The summed E-state index contributed by atoms with van der Waals surface area (Å²) in [4.78, 5) is 3.75. The van der Waals surface area contributed by atoms with Crippen molar-refractivity contribution >= 4 is 5.95 Å². The molecule has 6 nitrogen and oxygen atoms in total. The average molecular weight is 152 g/mol. The number of hydrogen-bond acceptors (Lipinski definition) is 6. The first-order chi connectivity index (χ1) is 5.36.